The Balaban J connectivity index is 2.54. The molecule has 1 aliphatic heterocycles. The second kappa shape index (κ2) is 2.05. The zero-order valence-corrected chi connectivity index (χ0v) is 5.01. The van der Waals surface area contributed by atoms with Gasteiger partial charge in [-0.15, -0.1) is 0 Å². The highest BCUT2D eigenvalue weighted by Gasteiger charge is 2.29. The van der Waals surface area contributed by atoms with Crippen molar-refractivity contribution in [2.24, 2.45) is 0 Å². The van der Waals surface area contributed by atoms with Crippen molar-refractivity contribution in [3.63, 3.8) is 0 Å². The van der Waals surface area contributed by atoms with Crippen LogP contribution < -0.4 is 5.32 Å². The summed E-state index contributed by atoms with van der Waals surface area (Å²) >= 11 is 0. The molecule has 0 aromatic carbocycles. The summed E-state index contributed by atoms with van der Waals surface area (Å²) in [5, 5.41) is 2.34. The van der Waals surface area contributed by atoms with E-state index in [9.17, 15) is 9.59 Å². The minimum absolute atomic E-state index is 0.398. The molecular weight excluding hydrogens is 122 g/mol. The number of rotatable bonds is 1. The van der Waals surface area contributed by atoms with Crippen molar-refractivity contribution < 1.29 is 14.3 Å². The molecule has 4 nitrogen and oxygen atoms in total. The van der Waals surface area contributed by atoms with Crippen molar-refractivity contribution in [3.05, 3.63) is 0 Å². The molecule has 1 unspecified atom stereocenters. The molecule has 0 spiro atoms. The van der Waals surface area contributed by atoms with E-state index in [1.807, 2.05) is 6.92 Å². The van der Waals surface area contributed by atoms with E-state index in [-0.39, 0.29) is 0 Å². The van der Waals surface area contributed by atoms with Crippen LogP contribution in [0.2, 0.25) is 0 Å². The first-order valence-corrected chi connectivity index (χ1v) is 2.75. The summed E-state index contributed by atoms with van der Waals surface area (Å²) in [5.41, 5.74) is 0. The average molecular weight is 129 g/mol. The van der Waals surface area contributed by atoms with Gasteiger partial charge in [0.1, 0.15) is 0 Å². The number of cyclic esters (lactones) is 1. The fraction of sp³-hybridized carbons (Fsp3) is 0.600. The van der Waals surface area contributed by atoms with Gasteiger partial charge in [0.2, 0.25) is 0 Å². The molecule has 1 fully saturated rings. The quantitative estimate of drug-likeness (QED) is 0.379. The molecule has 1 atom stereocenters. The van der Waals surface area contributed by atoms with Crippen LogP contribution in [0.5, 0.6) is 0 Å². The van der Waals surface area contributed by atoms with Crippen molar-refractivity contribution in [1.82, 2.24) is 5.32 Å². The third-order valence-electron chi connectivity index (χ3n) is 1.10. The molecule has 1 saturated heterocycles. The first-order valence-electron chi connectivity index (χ1n) is 2.75. The molecule has 0 aromatic rings. The lowest BCUT2D eigenvalue weighted by Gasteiger charge is -2.01. The van der Waals surface area contributed by atoms with E-state index in [0.717, 1.165) is 0 Å². The minimum atomic E-state index is -0.776. The number of amides is 1. The van der Waals surface area contributed by atoms with Crippen molar-refractivity contribution in [3.8, 4) is 0 Å². The van der Waals surface area contributed by atoms with Crippen LogP contribution >= 0.6 is 0 Å². The molecular formula is C5H7NO3. The van der Waals surface area contributed by atoms with E-state index in [2.05, 4.69) is 10.1 Å². The van der Waals surface area contributed by atoms with Crippen LogP contribution in [0.25, 0.3) is 0 Å². The van der Waals surface area contributed by atoms with Crippen LogP contribution in [-0.2, 0) is 14.3 Å². The summed E-state index contributed by atoms with van der Waals surface area (Å²) in [5.74, 6) is -1.41. The number of hydrogen-bond donors (Lipinski definition) is 1. The summed E-state index contributed by atoms with van der Waals surface area (Å²) in [6, 6.07) is 0. The summed E-state index contributed by atoms with van der Waals surface area (Å²) < 4.78 is 4.52. The largest absolute Gasteiger partial charge is 0.435 e. The Morgan fingerprint density at radius 3 is 2.56 bits per heavy atom. The maximum Gasteiger partial charge on any atom is 0.398 e. The first-order chi connectivity index (χ1) is 4.24. The normalized spacial score (nSPS) is 25.7. The van der Waals surface area contributed by atoms with E-state index in [0.29, 0.717) is 6.42 Å². The molecule has 9 heavy (non-hydrogen) atoms. The van der Waals surface area contributed by atoms with Gasteiger partial charge >= 0.3 is 11.9 Å². The van der Waals surface area contributed by atoms with Gasteiger partial charge < -0.3 is 10.1 Å². The Kier molecular flexibility index (Phi) is 1.38. The van der Waals surface area contributed by atoms with Gasteiger partial charge in [-0.1, -0.05) is 6.92 Å². The van der Waals surface area contributed by atoms with Crippen LogP contribution in [0, 0.1) is 0 Å². The molecule has 0 aliphatic carbocycles. The van der Waals surface area contributed by atoms with Gasteiger partial charge in [0.05, 0.1) is 0 Å². The van der Waals surface area contributed by atoms with Crippen LogP contribution in [0.15, 0.2) is 0 Å². The molecule has 1 amide bonds. The SMILES string of the molecule is CCC1NC(=O)C(=O)O1. The maximum atomic E-state index is 10.4. The number of ether oxygens (including phenoxy) is 1. The second-order valence-corrected chi connectivity index (χ2v) is 1.78. The fourth-order valence-electron chi connectivity index (χ4n) is 0.603. The summed E-state index contributed by atoms with van der Waals surface area (Å²) in [6.07, 6.45) is 0.224. The predicted octanol–water partition coefficient (Wildman–Crippen LogP) is -0.605. The summed E-state index contributed by atoms with van der Waals surface area (Å²) in [6.45, 7) is 1.82. The van der Waals surface area contributed by atoms with Gasteiger partial charge in [-0.05, 0) is 0 Å². The Hall–Kier alpha value is -1.06. The van der Waals surface area contributed by atoms with Gasteiger partial charge in [-0.2, -0.15) is 0 Å². The first kappa shape index (κ1) is 6.07. The molecule has 1 heterocycles. The van der Waals surface area contributed by atoms with Gasteiger partial charge in [0, 0.05) is 6.42 Å². The van der Waals surface area contributed by atoms with Gasteiger partial charge in [-0.3, -0.25) is 4.79 Å². The molecule has 50 valence electrons. The maximum absolute atomic E-state index is 10.4. The molecule has 4 heteroatoms. The van der Waals surface area contributed by atoms with Crippen LogP contribution in [0.1, 0.15) is 13.3 Å². The highest BCUT2D eigenvalue weighted by Crippen LogP contribution is 2.00. The molecule has 1 rings (SSSR count). The average Bonchev–Trinajstić information content (AvgIpc) is 2.13. The molecule has 0 saturated carbocycles. The lowest BCUT2D eigenvalue weighted by Crippen LogP contribution is -2.25. The van der Waals surface area contributed by atoms with E-state index in [4.69, 9.17) is 0 Å². The van der Waals surface area contributed by atoms with E-state index in [1.54, 1.807) is 0 Å². The standard InChI is InChI=1S/C5H7NO3/c1-2-3-6-4(7)5(8)9-3/h3H,2H2,1H3,(H,6,7). The van der Waals surface area contributed by atoms with Crippen molar-refractivity contribution in [2.45, 2.75) is 19.6 Å². The Morgan fingerprint density at radius 2 is 2.33 bits per heavy atom. The summed E-state index contributed by atoms with van der Waals surface area (Å²) in [7, 11) is 0. The Morgan fingerprint density at radius 1 is 1.67 bits per heavy atom. The molecule has 0 bridgehead atoms. The highest BCUT2D eigenvalue weighted by molar-refractivity contribution is 6.34. The van der Waals surface area contributed by atoms with Gasteiger partial charge in [0.25, 0.3) is 0 Å². The van der Waals surface area contributed by atoms with Crippen molar-refractivity contribution in [1.29, 1.82) is 0 Å². The number of esters is 1. The van der Waals surface area contributed by atoms with E-state index >= 15 is 0 Å². The number of hydrogen-bond acceptors (Lipinski definition) is 3. The minimum Gasteiger partial charge on any atom is -0.435 e. The Bertz CT molecular complexity index is 138. The van der Waals surface area contributed by atoms with E-state index < -0.39 is 18.1 Å². The molecule has 0 radical (unpaired) electrons. The third-order valence-corrected chi connectivity index (χ3v) is 1.10. The molecule has 1 N–H and O–H groups in total. The van der Waals surface area contributed by atoms with Crippen molar-refractivity contribution in [2.75, 3.05) is 0 Å². The molecule has 1 aliphatic rings. The monoisotopic (exact) mass is 129 g/mol. The van der Waals surface area contributed by atoms with Gasteiger partial charge in [0.15, 0.2) is 6.23 Å². The number of carbonyl (C=O) groups is 2. The third kappa shape index (κ3) is 1.01. The van der Waals surface area contributed by atoms with Crippen LogP contribution in [-0.4, -0.2) is 18.1 Å². The number of nitrogens with one attached hydrogen (secondary N) is 1. The molecule has 0 aromatic heterocycles. The zero-order chi connectivity index (χ0) is 6.85. The predicted molar refractivity (Wildman–Crippen MR) is 28.3 cm³/mol. The van der Waals surface area contributed by atoms with Crippen LogP contribution in [0.4, 0.5) is 0 Å². The van der Waals surface area contributed by atoms with E-state index in [1.165, 1.54) is 0 Å². The Labute approximate surface area is 52.2 Å². The smallest absolute Gasteiger partial charge is 0.398 e. The van der Waals surface area contributed by atoms with Crippen molar-refractivity contribution >= 4 is 11.9 Å². The lowest BCUT2D eigenvalue weighted by molar-refractivity contribution is -0.148. The fourth-order valence-corrected chi connectivity index (χ4v) is 0.603. The zero-order valence-electron chi connectivity index (χ0n) is 5.01. The topological polar surface area (TPSA) is 55.4 Å². The lowest BCUT2D eigenvalue weighted by atomic mass is 10.4. The van der Waals surface area contributed by atoms with Gasteiger partial charge in [-0.25, -0.2) is 4.79 Å². The summed E-state index contributed by atoms with van der Waals surface area (Å²) in [4.78, 5) is 20.7. The highest BCUT2D eigenvalue weighted by atomic mass is 16.6. The second-order valence-electron chi connectivity index (χ2n) is 1.78. The number of carbonyl (C=O) groups excluding carboxylic acids is 2. The van der Waals surface area contributed by atoms with Crippen LogP contribution in [0.3, 0.4) is 0 Å².